The van der Waals surface area contributed by atoms with Crippen LogP contribution in [0.4, 0.5) is 10.8 Å². The molecule has 0 N–H and O–H groups in total. The highest BCUT2D eigenvalue weighted by Gasteiger charge is 2.21. The summed E-state index contributed by atoms with van der Waals surface area (Å²) in [6.45, 7) is 9.62. The number of carbonyl (C=O) groups excluding carboxylic acids is 2. The number of anilines is 2. The lowest BCUT2D eigenvalue weighted by Gasteiger charge is -2.22. The second-order valence-electron chi connectivity index (χ2n) is 7.47. The van der Waals surface area contributed by atoms with E-state index in [-0.39, 0.29) is 24.9 Å². The minimum atomic E-state index is -0.300. The maximum atomic E-state index is 12.4. The van der Waals surface area contributed by atoms with Crippen molar-refractivity contribution in [2.24, 2.45) is 0 Å². The lowest BCUT2D eigenvalue weighted by Crippen LogP contribution is -2.24. The first-order valence-electron chi connectivity index (χ1n) is 9.79. The van der Waals surface area contributed by atoms with Gasteiger partial charge in [-0.05, 0) is 55.5 Å². The maximum Gasteiger partial charge on any atom is 0.310 e. The number of thiazole rings is 1. The zero-order valence-electron chi connectivity index (χ0n) is 18.0. The summed E-state index contributed by atoms with van der Waals surface area (Å²) in [6.07, 6.45) is 0.222. The van der Waals surface area contributed by atoms with E-state index in [2.05, 4.69) is 4.98 Å². The summed E-state index contributed by atoms with van der Waals surface area (Å²) in [7, 11) is 0. The molecule has 0 aliphatic carbocycles. The summed E-state index contributed by atoms with van der Waals surface area (Å²) >= 11 is 1.36. The first-order valence-corrected chi connectivity index (χ1v) is 10.7. The van der Waals surface area contributed by atoms with Gasteiger partial charge in [-0.1, -0.05) is 36.4 Å². The molecule has 3 aromatic rings. The van der Waals surface area contributed by atoms with Gasteiger partial charge in [-0.25, -0.2) is 4.98 Å². The predicted octanol–water partition coefficient (Wildman–Crippen LogP) is 5.35. The molecule has 0 spiro atoms. The number of aromatic nitrogens is 1. The number of rotatable bonds is 6. The van der Waals surface area contributed by atoms with Gasteiger partial charge in [0.05, 0.1) is 17.8 Å². The number of esters is 1. The number of hydrogen-bond donors (Lipinski definition) is 0. The molecule has 0 aliphatic rings. The van der Waals surface area contributed by atoms with Crippen LogP contribution in [-0.2, 0) is 27.4 Å². The zero-order chi connectivity index (χ0) is 21.8. The molecule has 1 heterocycles. The molecule has 1 amide bonds. The Morgan fingerprint density at radius 3 is 2.33 bits per heavy atom. The minimum Gasteiger partial charge on any atom is -0.459 e. The molecule has 5 nitrogen and oxygen atoms in total. The van der Waals surface area contributed by atoms with Crippen LogP contribution in [0.5, 0.6) is 0 Å². The summed E-state index contributed by atoms with van der Waals surface area (Å²) < 4.78 is 5.41. The molecule has 2 aromatic carbocycles. The number of carbonyl (C=O) groups is 2. The number of hydrogen-bond acceptors (Lipinski definition) is 5. The van der Waals surface area contributed by atoms with Gasteiger partial charge in [-0.3, -0.25) is 14.5 Å². The predicted molar refractivity (Wildman–Crippen MR) is 120 cm³/mol. The van der Waals surface area contributed by atoms with Crippen molar-refractivity contribution < 1.29 is 14.3 Å². The summed E-state index contributed by atoms with van der Waals surface area (Å²) in [4.78, 5) is 30.8. The van der Waals surface area contributed by atoms with Crippen LogP contribution in [-0.4, -0.2) is 16.9 Å². The summed E-state index contributed by atoms with van der Waals surface area (Å²) in [5, 5.41) is 2.39. The molecule has 1 aromatic heterocycles. The van der Waals surface area contributed by atoms with Crippen LogP contribution in [0.15, 0.2) is 41.8 Å². The number of ether oxygens (including phenoxy) is 1. The molecule has 0 radical (unpaired) electrons. The first kappa shape index (κ1) is 21.7. The number of aryl methyl sites for hydroxylation is 4. The first-order chi connectivity index (χ1) is 14.3. The van der Waals surface area contributed by atoms with E-state index in [9.17, 15) is 9.59 Å². The van der Waals surface area contributed by atoms with Gasteiger partial charge in [-0.15, -0.1) is 11.3 Å². The Labute approximate surface area is 181 Å². The van der Waals surface area contributed by atoms with Crippen molar-refractivity contribution in [3.63, 3.8) is 0 Å². The molecular weight excluding hydrogens is 396 g/mol. The van der Waals surface area contributed by atoms with Gasteiger partial charge in [0.25, 0.3) is 0 Å². The van der Waals surface area contributed by atoms with Gasteiger partial charge in [0.1, 0.15) is 6.61 Å². The lowest BCUT2D eigenvalue weighted by atomic mass is 10.0. The smallest absolute Gasteiger partial charge is 0.310 e. The zero-order valence-corrected chi connectivity index (χ0v) is 18.8. The number of benzene rings is 2. The van der Waals surface area contributed by atoms with Crippen molar-refractivity contribution in [2.45, 2.75) is 47.6 Å². The van der Waals surface area contributed by atoms with Gasteiger partial charge in [0, 0.05) is 12.3 Å². The molecule has 0 saturated carbocycles. The molecule has 0 atom stereocenters. The highest BCUT2D eigenvalue weighted by atomic mass is 32.1. The Hall–Kier alpha value is -2.99. The van der Waals surface area contributed by atoms with E-state index in [0.29, 0.717) is 10.8 Å². The number of nitrogens with zero attached hydrogens (tertiary/aromatic N) is 2. The van der Waals surface area contributed by atoms with Crippen molar-refractivity contribution in [3.05, 3.63) is 75.3 Å². The fourth-order valence-corrected chi connectivity index (χ4v) is 4.15. The van der Waals surface area contributed by atoms with Gasteiger partial charge >= 0.3 is 5.97 Å². The topological polar surface area (TPSA) is 59.5 Å². The van der Waals surface area contributed by atoms with Crippen LogP contribution in [0.25, 0.3) is 0 Å². The Morgan fingerprint density at radius 2 is 1.70 bits per heavy atom. The van der Waals surface area contributed by atoms with Crippen LogP contribution in [0.3, 0.4) is 0 Å². The Morgan fingerprint density at radius 1 is 1.00 bits per heavy atom. The minimum absolute atomic E-state index is 0.0820. The van der Waals surface area contributed by atoms with Crippen LogP contribution in [0.2, 0.25) is 0 Å². The lowest BCUT2D eigenvalue weighted by molar-refractivity contribution is -0.144. The average Bonchev–Trinajstić information content (AvgIpc) is 3.14. The van der Waals surface area contributed by atoms with Gasteiger partial charge < -0.3 is 4.74 Å². The number of amides is 1. The monoisotopic (exact) mass is 422 g/mol. The molecular formula is C24H26N2O3S. The normalized spacial score (nSPS) is 10.7. The van der Waals surface area contributed by atoms with Crippen LogP contribution in [0, 0.1) is 27.7 Å². The average molecular weight is 423 g/mol. The van der Waals surface area contributed by atoms with E-state index in [4.69, 9.17) is 4.74 Å². The fourth-order valence-electron chi connectivity index (χ4n) is 3.30. The third-order valence-corrected chi connectivity index (χ3v) is 5.88. The molecule has 0 saturated heterocycles. The molecule has 0 bridgehead atoms. The van der Waals surface area contributed by atoms with E-state index in [1.807, 2.05) is 69.5 Å². The standard InChI is InChI=1S/C24H26N2O3S/c1-15-9-10-20(11-18(15)4)12-22(28)29-13-21-14-30-24(25-21)26(19(5)27)23-16(2)7-6-8-17(23)3/h6-11,14H,12-13H2,1-5H3. The number of para-hydroxylation sites is 1. The molecule has 6 heteroatoms. The summed E-state index contributed by atoms with van der Waals surface area (Å²) in [5.74, 6) is -0.411. The maximum absolute atomic E-state index is 12.4. The van der Waals surface area contributed by atoms with E-state index in [0.717, 1.165) is 27.9 Å². The molecule has 0 unspecified atom stereocenters. The third kappa shape index (κ3) is 4.94. The van der Waals surface area contributed by atoms with E-state index >= 15 is 0 Å². The van der Waals surface area contributed by atoms with Crippen molar-refractivity contribution in [2.75, 3.05) is 4.90 Å². The van der Waals surface area contributed by atoms with Crippen molar-refractivity contribution in [1.82, 2.24) is 4.98 Å². The molecule has 30 heavy (non-hydrogen) atoms. The third-order valence-electron chi connectivity index (χ3n) is 5.01. The Balaban J connectivity index is 1.70. The van der Waals surface area contributed by atoms with E-state index < -0.39 is 0 Å². The second kappa shape index (κ2) is 9.22. The van der Waals surface area contributed by atoms with Crippen LogP contribution < -0.4 is 4.90 Å². The van der Waals surface area contributed by atoms with Crippen molar-refractivity contribution in [3.8, 4) is 0 Å². The largest absolute Gasteiger partial charge is 0.459 e. The van der Waals surface area contributed by atoms with Crippen molar-refractivity contribution >= 4 is 34.0 Å². The SMILES string of the molecule is CC(=O)N(c1nc(COC(=O)Cc2ccc(C)c(C)c2)cs1)c1c(C)cccc1C. The van der Waals surface area contributed by atoms with Gasteiger partial charge in [0.15, 0.2) is 5.13 Å². The second-order valence-corrected chi connectivity index (χ2v) is 8.31. The molecule has 156 valence electrons. The molecule has 0 fully saturated rings. The molecule has 3 rings (SSSR count). The van der Waals surface area contributed by atoms with Crippen LogP contribution in [0.1, 0.15) is 40.4 Å². The van der Waals surface area contributed by atoms with Crippen molar-refractivity contribution in [1.29, 1.82) is 0 Å². The van der Waals surface area contributed by atoms with Gasteiger partial charge in [-0.2, -0.15) is 0 Å². The fraction of sp³-hybridized carbons (Fsp3) is 0.292. The van der Waals surface area contributed by atoms with Crippen LogP contribution >= 0.6 is 11.3 Å². The Bertz CT molecular complexity index is 1070. The highest BCUT2D eigenvalue weighted by Crippen LogP contribution is 2.33. The van der Waals surface area contributed by atoms with E-state index in [1.165, 1.54) is 23.8 Å². The highest BCUT2D eigenvalue weighted by molar-refractivity contribution is 7.14. The molecule has 0 aliphatic heterocycles. The van der Waals surface area contributed by atoms with E-state index in [1.54, 1.807) is 4.90 Å². The quantitative estimate of drug-likeness (QED) is 0.503. The summed E-state index contributed by atoms with van der Waals surface area (Å²) in [5.41, 5.74) is 6.75. The Kier molecular flexibility index (Phi) is 6.67. The summed E-state index contributed by atoms with van der Waals surface area (Å²) in [6, 6.07) is 11.9. The van der Waals surface area contributed by atoms with Gasteiger partial charge in [0.2, 0.25) is 5.91 Å².